The Balaban J connectivity index is 1.31. The quantitative estimate of drug-likeness (QED) is 0.192. The van der Waals surface area contributed by atoms with Crippen molar-refractivity contribution in [1.29, 1.82) is 0 Å². The molecule has 4 rings (SSSR count). The third kappa shape index (κ3) is 8.41. The maximum absolute atomic E-state index is 12.3. The lowest BCUT2D eigenvalue weighted by Gasteiger charge is -2.17. The molecule has 0 aromatic heterocycles. The Hall–Kier alpha value is -3.18. The molecular formula is C35H43NO3S. The van der Waals surface area contributed by atoms with Crippen LogP contribution >= 0.6 is 0 Å². The number of hydrogen-bond acceptors (Lipinski definition) is 3. The van der Waals surface area contributed by atoms with Crippen LogP contribution in [0.5, 0.6) is 5.75 Å². The molecule has 0 radical (unpaired) electrons. The molecule has 3 aromatic rings. The number of rotatable bonds is 14. The van der Waals surface area contributed by atoms with E-state index in [9.17, 15) is 9.00 Å². The first-order valence-corrected chi connectivity index (χ1v) is 16.2. The van der Waals surface area contributed by atoms with Crippen molar-refractivity contribution in [2.45, 2.75) is 58.3 Å². The van der Waals surface area contributed by atoms with Gasteiger partial charge >= 0.3 is 0 Å². The molecule has 0 saturated heterocycles. The van der Waals surface area contributed by atoms with Crippen molar-refractivity contribution in [3.05, 3.63) is 101 Å². The number of carbonyl (C=O) groups is 1. The van der Waals surface area contributed by atoms with Crippen molar-refractivity contribution in [2.75, 3.05) is 31.7 Å². The molecule has 0 heterocycles. The van der Waals surface area contributed by atoms with Crippen molar-refractivity contribution in [3.63, 3.8) is 0 Å². The summed E-state index contributed by atoms with van der Waals surface area (Å²) >= 11 is 0. The standard InChI is InChI=1S/C35H43NO3S/c1-3-4-24-36(2)34(37)27-40(38)26-12-6-11-25-39-31-22-20-30(21-23-31)35-32-18-10-9-16-29(32)17-13-19-33(35)28-14-7-5-8-15-28/h5,7-10,14-16,18,20-23H,3-4,6,11-13,17,19,24-27H2,1-2H3. The minimum absolute atomic E-state index is 0.0162. The highest BCUT2D eigenvalue weighted by atomic mass is 32.2. The zero-order valence-electron chi connectivity index (χ0n) is 24.1. The van der Waals surface area contributed by atoms with Gasteiger partial charge in [-0.05, 0) is 90.5 Å². The largest absolute Gasteiger partial charge is 0.494 e. The van der Waals surface area contributed by atoms with Gasteiger partial charge in [0.1, 0.15) is 11.5 Å². The number of allylic oxidation sites excluding steroid dienone is 1. The molecule has 40 heavy (non-hydrogen) atoms. The Morgan fingerprint density at radius 1 is 0.850 bits per heavy atom. The van der Waals surface area contributed by atoms with Crippen molar-refractivity contribution >= 4 is 27.9 Å². The van der Waals surface area contributed by atoms with Gasteiger partial charge in [-0.3, -0.25) is 9.00 Å². The van der Waals surface area contributed by atoms with Crippen molar-refractivity contribution in [1.82, 2.24) is 4.90 Å². The number of benzene rings is 3. The summed E-state index contributed by atoms with van der Waals surface area (Å²) in [5, 5.41) is 0. The topological polar surface area (TPSA) is 46.6 Å². The second-order valence-electron chi connectivity index (χ2n) is 10.6. The fourth-order valence-corrected chi connectivity index (χ4v) is 6.44. The molecule has 0 N–H and O–H groups in total. The van der Waals surface area contributed by atoms with Crippen LogP contribution in [-0.2, 0) is 22.0 Å². The molecule has 0 spiro atoms. The van der Waals surface area contributed by atoms with Gasteiger partial charge in [0.2, 0.25) is 5.91 Å². The maximum atomic E-state index is 12.3. The van der Waals surface area contributed by atoms with Crippen molar-refractivity contribution in [2.24, 2.45) is 0 Å². The van der Waals surface area contributed by atoms with E-state index in [0.717, 1.165) is 63.7 Å². The summed E-state index contributed by atoms with van der Waals surface area (Å²) in [6.45, 7) is 3.47. The van der Waals surface area contributed by atoms with Crippen LogP contribution in [-0.4, -0.2) is 46.7 Å². The number of fused-ring (bicyclic) bond motifs is 1. The molecular weight excluding hydrogens is 514 g/mol. The fraction of sp³-hybridized carbons (Fsp3) is 0.400. The van der Waals surface area contributed by atoms with E-state index in [2.05, 4.69) is 85.8 Å². The van der Waals surface area contributed by atoms with Crippen molar-refractivity contribution < 1.29 is 13.7 Å². The molecule has 1 unspecified atom stereocenters. The minimum atomic E-state index is -1.09. The summed E-state index contributed by atoms with van der Waals surface area (Å²) in [5.41, 5.74) is 8.00. The maximum Gasteiger partial charge on any atom is 0.234 e. The Kier molecular flexibility index (Phi) is 11.6. The Morgan fingerprint density at radius 3 is 2.38 bits per heavy atom. The summed E-state index contributed by atoms with van der Waals surface area (Å²) in [7, 11) is 0.706. The molecule has 3 aromatic carbocycles. The van der Waals surface area contributed by atoms with E-state index in [1.165, 1.54) is 33.4 Å². The highest BCUT2D eigenvalue weighted by molar-refractivity contribution is 7.85. The number of amides is 1. The van der Waals surface area contributed by atoms with Gasteiger partial charge < -0.3 is 9.64 Å². The molecule has 0 saturated carbocycles. The smallest absolute Gasteiger partial charge is 0.234 e. The summed E-state index contributed by atoms with van der Waals surface area (Å²) in [5.74, 6) is 1.56. The highest BCUT2D eigenvalue weighted by Gasteiger charge is 2.20. The Morgan fingerprint density at radius 2 is 1.60 bits per heavy atom. The average Bonchev–Trinajstić information content (AvgIpc) is 3.18. The van der Waals surface area contributed by atoms with Gasteiger partial charge in [0, 0.05) is 30.1 Å². The zero-order chi connectivity index (χ0) is 28.2. The third-order valence-electron chi connectivity index (χ3n) is 7.57. The van der Waals surface area contributed by atoms with E-state index < -0.39 is 10.8 Å². The van der Waals surface area contributed by atoms with Crippen LogP contribution in [0.15, 0.2) is 78.9 Å². The van der Waals surface area contributed by atoms with E-state index in [1.54, 1.807) is 11.9 Å². The average molecular weight is 558 g/mol. The molecule has 1 amide bonds. The summed E-state index contributed by atoms with van der Waals surface area (Å²) in [6, 6.07) is 28.1. The van der Waals surface area contributed by atoms with Gasteiger partial charge in [0.05, 0.1) is 6.61 Å². The lowest BCUT2D eigenvalue weighted by Crippen LogP contribution is -2.32. The van der Waals surface area contributed by atoms with Gasteiger partial charge in [-0.15, -0.1) is 0 Å². The summed E-state index contributed by atoms with van der Waals surface area (Å²) in [6.07, 6.45) is 8.01. The van der Waals surface area contributed by atoms with Gasteiger partial charge in [-0.2, -0.15) is 0 Å². The number of ether oxygens (including phenoxy) is 1. The zero-order valence-corrected chi connectivity index (χ0v) is 24.9. The van der Waals surface area contributed by atoms with E-state index >= 15 is 0 Å². The monoisotopic (exact) mass is 557 g/mol. The van der Waals surface area contributed by atoms with E-state index in [0.29, 0.717) is 12.4 Å². The Labute approximate surface area is 242 Å². The molecule has 1 aliphatic carbocycles. The van der Waals surface area contributed by atoms with Crippen LogP contribution < -0.4 is 4.74 Å². The van der Waals surface area contributed by atoms with E-state index in [4.69, 9.17) is 4.74 Å². The SMILES string of the molecule is CCCCN(C)C(=O)CS(=O)CCCCCOc1ccc(C2=C(c3ccccc3)CCCc3ccccc32)cc1. The Bertz CT molecular complexity index is 1280. The molecule has 0 aliphatic heterocycles. The van der Waals surface area contributed by atoms with Crippen LogP contribution in [0.3, 0.4) is 0 Å². The number of nitrogens with zero attached hydrogens (tertiary/aromatic N) is 1. The van der Waals surface area contributed by atoms with Gasteiger partial charge in [-0.1, -0.05) is 80.1 Å². The first-order chi connectivity index (χ1) is 19.6. The molecule has 0 fully saturated rings. The first kappa shape index (κ1) is 29.8. The molecule has 212 valence electrons. The third-order valence-corrected chi connectivity index (χ3v) is 8.88. The second kappa shape index (κ2) is 15.6. The van der Waals surface area contributed by atoms with E-state index in [1.807, 2.05) is 0 Å². The van der Waals surface area contributed by atoms with Crippen LogP contribution in [0, 0.1) is 0 Å². The minimum Gasteiger partial charge on any atom is -0.494 e. The second-order valence-corrected chi connectivity index (χ2v) is 12.2. The molecule has 4 nitrogen and oxygen atoms in total. The lowest BCUT2D eigenvalue weighted by molar-refractivity contribution is -0.127. The predicted octanol–water partition coefficient (Wildman–Crippen LogP) is 7.54. The summed E-state index contributed by atoms with van der Waals surface area (Å²) < 4.78 is 18.3. The van der Waals surface area contributed by atoms with Crippen LogP contribution in [0.25, 0.3) is 11.1 Å². The van der Waals surface area contributed by atoms with Gasteiger partial charge in [0.25, 0.3) is 0 Å². The molecule has 0 bridgehead atoms. The predicted molar refractivity (Wildman–Crippen MR) is 168 cm³/mol. The first-order valence-electron chi connectivity index (χ1n) is 14.8. The number of hydrogen-bond donors (Lipinski definition) is 0. The fourth-order valence-electron chi connectivity index (χ4n) is 5.27. The lowest BCUT2D eigenvalue weighted by atomic mass is 9.88. The van der Waals surface area contributed by atoms with Crippen LogP contribution in [0.2, 0.25) is 0 Å². The van der Waals surface area contributed by atoms with Gasteiger partial charge in [-0.25, -0.2) is 0 Å². The number of aryl methyl sites for hydroxylation is 1. The van der Waals surface area contributed by atoms with Crippen molar-refractivity contribution in [3.8, 4) is 5.75 Å². The molecule has 1 aliphatic rings. The van der Waals surface area contributed by atoms with E-state index in [-0.39, 0.29) is 11.7 Å². The van der Waals surface area contributed by atoms with Crippen LogP contribution in [0.4, 0.5) is 0 Å². The summed E-state index contributed by atoms with van der Waals surface area (Å²) in [4.78, 5) is 13.9. The number of unbranched alkanes of at least 4 members (excludes halogenated alkanes) is 3. The highest BCUT2D eigenvalue weighted by Crippen LogP contribution is 2.40. The molecule has 1 atom stereocenters. The van der Waals surface area contributed by atoms with Crippen LogP contribution in [0.1, 0.15) is 74.1 Å². The van der Waals surface area contributed by atoms with Gasteiger partial charge in [0.15, 0.2) is 0 Å². The molecule has 5 heteroatoms. The number of carbonyl (C=O) groups excluding carboxylic acids is 1. The normalized spacial score (nSPS) is 13.8.